The fourth-order valence-corrected chi connectivity index (χ4v) is 3.08. The van der Waals surface area contributed by atoms with E-state index < -0.39 is 0 Å². The molecule has 0 aliphatic carbocycles. The molecule has 132 valence electrons. The van der Waals surface area contributed by atoms with Crippen molar-refractivity contribution in [1.29, 1.82) is 0 Å². The highest BCUT2D eigenvalue weighted by atomic mass is 16.2. The van der Waals surface area contributed by atoms with Crippen LogP contribution in [0.5, 0.6) is 0 Å². The maximum atomic E-state index is 12.6. The maximum Gasteiger partial charge on any atom is 0.253 e. The molecule has 2 amide bonds. The lowest BCUT2D eigenvalue weighted by atomic mass is 10.0. The molecule has 0 bridgehead atoms. The normalized spacial score (nSPS) is 16.8. The third kappa shape index (κ3) is 5.06. The van der Waals surface area contributed by atoms with Crippen molar-refractivity contribution >= 4 is 11.8 Å². The second kappa shape index (κ2) is 8.29. The Bertz CT molecular complexity index is 568. The number of carbonyl (C=O) groups excluding carboxylic acids is 2. The minimum Gasteiger partial charge on any atom is -0.354 e. The first-order valence-corrected chi connectivity index (χ1v) is 8.72. The molecule has 24 heavy (non-hydrogen) atoms. The molecule has 1 atom stereocenters. The topological polar surface area (TPSA) is 52.7 Å². The molecule has 5 heteroatoms. The van der Waals surface area contributed by atoms with Gasteiger partial charge in [0.05, 0.1) is 6.54 Å². The average Bonchev–Trinajstić information content (AvgIpc) is 2.53. The van der Waals surface area contributed by atoms with Crippen LogP contribution in [0.25, 0.3) is 0 Å². The first kappa shape index (κ1) is 18.5. The predicted octanol–water partition coefficient (Wildman–Crippen LogP) is 2.12. The lowest BCUT2D eigenvalue weighted by Crippen LogP contribution is -2.47. The number of benzene rings is 1. The zero-order valence-electron chi connectivity index (χ0n) is 15.2. The van der Waals surface area contributed by atoms with Gasteiger partial charge in [-0.2, -0.15) is 0 Å². The van der Waals surface area contributed by atoms with Crippen molar-refractivity contribution in [3.63, 3.8) is 0 Å². The Hall–Kier alpha value is -1.88. The van der Waals surface area contributed by atoms with Gasteiger partial charge in [0, 0.05) is 38.3 Å². The summed E-state index contributed by atoms with van der Waals surface area (Å²) in [4.78, 5) is 27.9. The highest BCUT2D eigenvalue weighted by Gasteiger charge is 2.19. The van der Waals surface area contributed by atoms with E-state index in [9.17, 15) is 9.59 Å². The summed E-state index contributed by atoms with van der Waals surface area (Å²) in [7, 11) is 1.87. The largest absolute Gasteiger partial charge is 0.354 e. The van der Waals surface area contributed by atoms with Crippen LogP contribution in [-0.4, -0.2) is 54.3 Å². The van der Waals surface area contributed by atoms with Crippen LogP contribution in [0.2, 0.25) is 0 Å². The summed E-state index contributed by atoms with van der Waals surface area (Å²) < 4.78 is 0. The number of hydrogen-bond donors (Lipinski definition) is 1. The van der Waals surface area contributed by atoms with Crippen molar-refractivity contribution < 1.29 is 9.59 Å². The van der Waals surface area contributed by atoms with E-state index in [1.54, 1.807) is 0 Å². The third-order valence-corrected chi connectivity index (χ3v) is 4.52. The molecule has 0 saturated carbocycles. The zero-order chi connectivity index (χ0) is 17.7. The number of amides is 2. The molecule has 5 nitrogen and oxygen atoms in total. The molecule has 1 heterocycles. The van der Waals surface area contributed by atoms with Gasteiger partial charge in [-0.15, -0.1) is 0 Å². The number of piperazine rings is 1. The Labute approximate surface area is 145 Å². The number of carbonyl (C=O) groups is 2. The molecule has 2 rings (SSSR count). The van der Waals surface area contributed by atoms with Crippen LogP contribution in [0.1, 0.15) is 43.1 Å². The first-order chi connectivity index (χ1) is 11.4. The number of hydrogen-bond acceptors (Lipinski definition) is 3. The van der Waals surface area contributed by atoms with Crippen LogP contribution in [0, 0.1) is 5.92 Å². The summed E-state index contributed by atoms with van der Waals surface area (Å²) in [5.74, 6) is 0.709. The third-order valence-electron chi connectivity index (χ3n) is 4.52. The van der Waals surface area contributed by atoms with Gasteiger partial charge >= 0.3 is 0 Å². The van der Waals surface area contributed by atoms with Crippen LogP contribution in [0.4, 0.5) is 0 Å². The van der Waals surface area contributed by atoms with E-state index in [-0.39, 0.29) is 17.9 Å². The van der Waals surface area contributed by atoms with Gasteiger partial charge in [-0.25, -0.2) is 0 Å². The highest BCUT2D eigenvalue weighted by molar-refractivity contribution is 5.94. The molecule has 0 aromatic heterocycles. The first-order valence-electron chi connectivity index (χ1n) is 8.72. The van der Waals surface area contributed by atoms with Crippen LogP contribution in [-0.2, 0) is 11.3 Å². The van der Waals surface area contributed by atoms with Gasteiger partial charge in [-0.1, -0.05) is 26.0 Å². The smallest absolute Gasteiger partial charge is 0.253 e. The Kier molecular flexibility index (Phi) is 6.37. The van der Waals surface area contributed by atoms with Gasteiger partial charge in [0.25, 0.3) is 5.91 Å². The summed E-state index contributed by atoms with van der Waals surface area (Å²) in [6, 6.07) is 7.98. The molecule has 0 radical (unpaired) electrons. The van der Waals surface area contributed by atoms with E-state index in [0.717, 1.165) is 25.1 Å². The molecule has 1 aliphatic rings. The predicted molar refractivity (Wildman–Crippen MR) is 95.7 cm³/mol. The summed E-state index contributed by atoms with van der Waals surface area (Å²) in [5, 5.41) is 2.83. The second-order valence-electron chi connectivity index (χ2n) is 7.15. The van der Waals surface area contributed by atoms with E-state index in [2.05, 4.69) is 31.0 Å². The highest BCUT2D eigenvalue weighted by Crippen LogP contribution is 2.14. The molecule has 0 spiro atoms. The van der Waals surface area contributed by atoms with Gasteiger partial charge in [0.15, 0.2) is 0 Å². The number of rotatable bonds is 6. The van der Waals surface area contributed by atoms with Crippen molar-refractivity contribution in [1.82, 2.24) is 15.1 Å². The maximum absolute atomic E-state index is 12.6. The monoisotopic (exact) mass is 331 g/mol. The van der Waals surface area contributed by atoms with E-state index in [0.29, 0.717) is 24.6 Å². The van der Waals surface area contributed by atoms with Gasteiger partial charge < -0.3 is 10.2 Å². The summed E-state index contributed by atoms with van der Waals surface area (Å²) in [5.41, 5.74) is 1.84. The summed E-state index contributed by atoms with van der Waals surface area (Å²) in [6.45, 7) is 9.18. The quantitative estimate of drug-likeness (QED) is 0.869. The Morgan fingerprint density at radius 1 is 1.25 bits per heavy atom. The second-order valence-corrected chi connectivity index (χ2v) is 7.15. The Morgan fingerprint density at radius 3 is 2.50 bits per heavy atom. The molecule has 0 unspecified atom stereocenters. The van der Waals surface area contributed by atoms with Crippen molar-refractivity contribution in [2.45, 2.75) is 39.8 Å². The van der Waals surface area contributed by atoms with Crippen LogP contribution in [0.15, 0.2) is 24.3 Å². The summed E-state index contributed by atoms with van der Waals surface area (Å²) >= 11 is 0. The molecule has 1 aromatic carbocycles. The minimum absolute atomic E-state index is 0.0621. The zero-order valence-corrected chi connectivity index (χ0v) is 15.2. The minimum atomic E-state index is 0.0621. The fraction of sp³-hybridized carbons (Fsp3) is 0.579. The van der Waals surface area contributed by atoms with Crippen LogP contribution in [0.3, 0.4) is 0 Å². The molecule has 1 fully saturated rings. The van der Waals surface area contributed by atoms with Crippen molar-refractivity contribution in [3.8, 4) is 0 Å². The van der Waals surface area contributed by atoms with Crippen molar-refractivity contribution in [3.05, 3.63) is 35.4 Å². The Morgan fingerprint density at radius 2 is 1.92 bits per heavy atom. The Balaban J connectivity index is 1.95. The van der Waals surface area contributed by atoms with Crippen LogP contribution >= 0.6 is 0 Å². The molecule has 1 aromatic rings. The molecular formula is C19H29N3O2. The van der Waals surface area contributed by atoms with E-state index >= 15 is 0 Å². The molecular weight excluding hydrogens is 302 g/mol. The molecule has 1 N–H and O–H groups in total. The lowest BCUT2D eigenvalue weighted by molar-refractivity contribution is -0.124. The van der Waals surface area contributed by atoms with E-state index in [1.165, 1.54) is 0 Å². The van der Waals surface area contributed by atoms with Crippen molar-refractivity contribution in [2.24, 2.45) is 5.92 Å². The summed E-state index contributed by atoms with van der Waals surface area (Å²) in [6.07, 6.45) is 0.997. The van der Waals surface area contributed by atoms with Gasteiger partial charge in [0.1, 0.15) is 0 Å². The van der Waals surface area contributed by atoms with E-state index in [1.807, 2.05) is 36.2 Å². The van der Waals surface area contributed by atoms with Gasteiger partial charge in [0.2, 0.25) is 5.91 Å². The van der Waals surface area contributed by atoms with Gasteiger partial charge in [-0.05, 0) is 37.0 Å². The number of nitrogens with zero attached hydrogens (tertiary/aromatic N) is 2. The van der Waals surface area contributed by atoms with Crippen LogP contribution < -0.4 is 5.32 Å². The van der Waals surface area contributed by atoms with E-state index in [4.69, 9.17) is 0 Å². The SMILES string of the molecule is CC(C)C[C@H](C)N(C)C(=O)c1ccc(CN2CCNC(=O)C2)cc1. The van der Waals surface area contributed by atoms with Crippen molar-refractivity contribution in [2.75, 3.05) is 26.7 Å². The molecule has 1 saturated heterocycles. The standard InChI is InChI=1S/C19H29N3O2/c1-14(2)11-15(3)21(4)19(24)17-7-5-16(6-8-17)12-22-10-9-20-18(23)13-22/h5-8,14-15H,9-13H2,1-4H3,(H,20,23)/t15-/m0/s1. The lowest BCUT2D eigenvalue weighted by Gasteiger charge is -2.27. The number of nitrogens with one attached hydrogen (secondary N) is 1. The average molecular weight is 331 g/mol. The molecule has 1 aliphatic heterocycles. The van der Waals surface area contributed by atoms with Gasteiger partial charge in [-0.3, -0.25) is 14.5 Å². The fourth-order valence-electron chi connectivity index (χ4n) is 3.08.